The molecule has 2 heterocycles. The normalized spacial score (nSPS) is 25.6. The van der Waals surface area contributed by atoms with Crippen LogP contribution in [0.5, 0.6) is 0 Å². The van der Waals surface area contributed by atoms with Gasteiger partial charge in [0.05, 0.1) is 0 Å². The van der Waals surface area contributed by atoms with Crippen molar-refractivity contribution >= 4 is 12.0 Å². The molecule has 2 aliphatic heterocycles. The number of likely N-dealkylation sites (tertiary alicyclic amines) is 2. The molecule has 3 aliphatic rings. The maximum Gasteiger partial charge on any atom is 0.407 e. The van der Waals surface area contributed by atoms with Crippen LogP contribution in [0.15, 0.2) is 0 Å². The minimum atomic E-state index is -0.779. The fourth-order valence-corrected chi connectivity index (χ4v) is 4.66. The summed E-state index contributed by atoms with van der Waals surface area (Å²) < 4.78 is 0. The lowest BCUT2D eigenvalue weighted by molar-refractivity contribution is -0.133. The molecule has 0 atom stereocenters. The van der Waals surface area contributed by atoms with Gasteiger partial charge in [-0.2, -0.15) is 0 Å². The van der Waals surface area contributed by atoms with E-state index in [0.717, 1.165) is 58.4 Å². The van der Waals surface area contributed by atoms with Crippen molar-refractivity contribution in [2.45, 2.75) is 51.6 Å². The first kappa shape index (κ1) is 15.6. The van der Waals surface area contributed by atoms with Crippen molar-refractivity contribution in [1.29, 1.82) is 0 Å². The molecule has 1 saturated carbocycles. The summed E-state index contributed by atoms with van der Waals surface area (Å²) in [5.74, 6) is 0.187. The molecular weight excluding hydrogens is 282 g/mol. The molecule has 1 aliphatic carbocycles. The minimum absolute atomic E-state index is 0.187. The molecule has 124 valence electrons. The number of hydrogen-bond acceptors (Lipinski definition) is 3. The van der Waals surface area contributed by atoms with E-state index >= 15 is 0 Å². The number of hydrogen-bond donors (Lipinski definition) is 1. The van der Waals surface area contributed by atoms with Gasteiger partial charge in [-0.1, -0.05) is 0 Å². The summed E-state index contributed by atoms with van der Waals surface area (Å²) in [5, 5.41) is 8.93. The van der Waals surface area contributed by atoms with Gasteiger partial charge in [0.15, 0.2) is 0 Å². The van der Waals surface area contributed by atoms with Gasteiger partial charge in [-0.15, -0.1) is 0 Å². The number of piperidine rings is 1. The van der Waals surface area contributed by atoms with Crippen molar-refractivity contribution in [2.75, 3.05) is 32.7 Å². The Kier molecular flexibility index (Phi) is 4.05. The molecular formula is C16H27N3O3. The highest BCUT2D eigenvalue weighted by Gasteiger charge is 2.55. The fourth-order valence-electron chi connectivity index (χ4n) is 4.66. The molecule has 1 spiro atoms. The topological polar surface area (TPSA) is 64.1 Å². The Hall–Kier alpha value is -1.30. The molecule has 3 fully saturated rings. The third-order valence-electron chi connectivity index (χ3n) is 5.86. The Morgan fingerprint density at radius 1 is 1.23 bits per heavy atom. The van der Waals surface area contributed by atoms with Crippen LogP contribution in [-0.2, 0) is 4.79 Å². The van der Waals surface area contributed by atoms with E-state index in [1.54, 1.807) is 6.92 Å². The summed E-state index contributed by atoms with van der Waals surface area (Å²) in [6, 6.07) is 1.03. The van der Waals surface area contributed by atoms with Crippen molar-refractivity contribution < 1.29 is 14.7 Å². The van der Waals surface area contributed by atoms with Crippen LogP contribution < -0.4 is 0 Å². The lowest BCUT2D eigenvalue weighted by Gasteiger charge is -2.61. The van der Waals surface area contributed by atoms with Crippen LogP contribution in [0, 0.1) is 5.41 Å². The Morgan fingerprint density at radius 2 is 1.82 bits per heavy atom. The molecule has 0 bridgehead atoms. The largest absolute Gasteiger partial charge is 0.465 e. The zero-order valence-corrected chi connectivity index (χ0v) is 13.6. The smallest absolute Gasteiger partial charge is 0.407 e. The van der Waals surface area contributed by atoms with Gasteiger partial charge in [-0.25, -0.2) is 4.79 Å². The van der Waals surface area contributed by atoms with Crippen molar-refractivity contribution in [2.24, 2.45) is 5.41 Å². The van der Waals surface area contributed by atoms with Gasteiger partial charge in [-0.3, -0.25) is 4.79 Å². The standard InChI is InChI=1S/C16H27N3O3/c1-3-19(12(2)20)13-4-6-17(7-5-13)14-8-16(9-14)10-18(11-16)15(21)22/h13-14H,3-11H2,1-2H3,(H,21,22). The number of carboxylic acid groups (broad SMARTS) is 1. The highest BCUT2D eigenvalue weighted by molar-refractivity contribution is 5.73. The average Bonchev–Trinajstić information content (AvgIpc) is 2.37. The second kappa shape index (κ2) is 5.72. The predicted octanol–water partition coefficient (Wildman–Crippen LogP) is 1.46. The van der Waals surface area contributed by atoms with Crippen LogP contribution in [0.2, 0.25) is 0 Å². The van der Waals surface area contributed by atoms with Crippen molar-refractivity contribution in [3.63, 3.8) is 0 Å². The Balaban J connectivity index is 1.43. The lowest BCUT2D eigenvalue weighted by atomic mass is 9.60. The summed E-state index contributed by atoms with van der Waals surface area (Å²) in [6.45, 7) is 8.10. The number of amides is 2. The number of carbonyl (C=O) groups excluding carboxylic acids is 1. The first-order valence-corrected chi connectivity index (χ1v) is 8.43. The zero-order valence-electron chi connectivity index (χ0n) is 13.6. The molecule has 22 heavy (non-hydrogen) atoms. The molecule has 3 rings (SSSR count). The molecule has 1 N–H and O–H groups in total. The van der Waals surface area contributed by atoms with Gasteiger partial charge in [0.25, 0.3) is 0 Å². The summed E-state index contributed by atoms with van der Waals surface area (Å²) in [6.07, 6.45) is 3.65. The fraction of sp³-hybridized carbons (Fsp3) is 0.875. The van der Waals surface area contributed by atoms with E-state index in [9.17, 15) is 9.59 Å². The van der Waals surface area contributed by atoms with Gasteiger partial charge in [0, 0.05) is 57.1 Å². The van der Waals surface area contributed by atoms with E-state index in [2.05, 4.69) is 4.90 Å². The number of carbonyl (C=O) groups is 2. The van der Waals surface area contributed by atoms with Gasteiger partial charge in [0.1, 0.15) is 0 Å². The first-order valence-electron chi connectivity index (χ1n) is 8.43. The Morgan fingerprint density at radius 3 is 2.27 bits per heavy atom. The van der Waals surface area contributed by atoms with E-state index in [0.29, 0.717) is 12.1 Å². The molecule has 0 aromatic rings. The number of rotatable bonds is 3. The van der Waals surface area contributed by atoms with Crippen LogP contribution in [0.25, 0.3) is 0 Å². The van der Waals surface area contributed by atoms with Crippen molar-refractivity contribution in [3.8, 4) is 0 Å². The van der Waals surface area contributed by atoms with E-state index in [-0.39, 0.29) is 11.3 Å². The monoisotopic (exact) mass is 309 g/mol. The summed E-state index contributed by atoms with van der Waals surface area (Å²) in [5.41, 5.74) is 0.286. The van der Waals surface area contributed by atoms with Crippen LogP contribution in [0.4, 0.5) is 4.79 Å². The highest BCUT2D eigenvalue weighted by atomic mass is 16.4. The van der Waals surface area contributed by atoms with E-state index < -0.39 is 6.09 Å². The second-order valence-electron chi connectivity index (χ2n) is 7.27. The molecule has 0 unspecified atom stereocenters. The van der Waals surface area contributed by atoms with Gasteiger partial charge in [0.2, 0.25) is 5.91 Å². The molecule has 0 radical (unpaired) electrons. The zero-order chi connectivity index (χ0) is 15.9. The van der Waals surface area contributed by atoms with Crippen LogP contribution >= 0.6 is 0 Å². The number of nitrogens with zero attached hydrogens (tertiary/aromatic N) is 3. The van der Waals surface area contributed by atoms with E-state index in [4.69, 9.17) is 5.11 Å². The summed E-state index contributed by atoms with van der Waals surface area (Å²) in [7, 11) is 0. The maximum atomic E-state index is 11.6. The first-order chi connectivity index (χ1) is 10.4. The van der Waals surface area contributed by atoms with Gasteiger partial charge >= 0.3 is 6.09 Å². The Labute approximate surface area is 132 Å². The predicted molar refractivity (Wildman–Crippen MR) is 82.7 cm³/mol. The van der Waals surface area contributed by atoms with E-state index in [1.165, 1.54) is 4.90 Å². The highest BCUT2D eigenvalue weighted by Crippen LogP contribution is 2.50. The molecule has 0 aromatic heterocycles. The second-order valence-corrected chi connectivity index (χ2v) is 7.27. The van der Waals surface area contributed by atoms with Gasteiger partial charge < -0.3 is 19.8 Å². The van der Waals surface area contributed by atoms with Crippen LogP contribution in [0.3, 0.4) is 0 Å². The van der Waals surface area contributed by atoms with E-state index in [1.807, 2.05) is 11.8 Å². The summed E-state index contributed by atoms with van der Waals surface area (Å²) in [4.78, 5) is 28.6. The van der Waals surface area contributed by atoms with Crippen LogP contribution in [-0.4, -0.2) is 76.6 Å². The minimum Gasteiger partial charge on any atom is -0.465 e. The molecule has 6 heteroatoms. The average molecular weight is 309 g/mol. The molecule has 2 amide bonds. The summed E-state index contributed by atoms with van der Waals surface area (Å²) >= 11 is 0. The van der Waals surface area contributed by atoms with Crippen molar-refractivity contribution in [3.05, 3.63) is 0 Å². The third kappa shape index (κ3) is 2.69. The SMILES string of the molecule is CCN(C(C)=O)C1CCN(C2CC3(C2)CN(C(=O)O)C3)CC1. The maximum absolute atomic E-state index is 11.6. The Bertz CT molecular complexity index is 446. The molecule has 0 aromatic carbocycles. The van der Waals surface area contributed by atoms with Crippen molar-refractivity contribution in [1.82, 2.24) is 14.7 Å². The van der Waals surface area contributed by atoms with Gasteiger partial charge in [-0.05, 0) is 32.6 Å². The quantitative estimate of drug-likeness (QED) is 0.857. The lowest BCUT2D eigenvalue weighted by Crippen LogP contribution is -2.68. The molecule has 2 saturated heterocycles. The van der Waals surface area contributed by atoms with Crippen LogP contribution in [0.1, 0.15) is 39.5 Å². The molecule has 6 nitrogen and oxygen atoms in total. The third-order valence-corrected chi connectivity index (χ3v) is 5.86.